The second-order valence-corrected chi connectivity index (χ2v) is 9.70. The molecule has 0 radical (unpaired) electrons. The lowest BCUT2D eigenvalue weighted by Crippen LogP contribution is -2.21. The van der Waals surface area contributed by atoms with Gasteiger partial charge in [0.25, 0.3) is 5.91 Å². The van der Waals surface area contributed by atoms with Crippen LogP contribution in [0.5, 0.6) is 0 Å². The van der Waals surface area contributed by atoms with Crippen molar-refractivity contribution in [3.63, 3.8) is 0 Å². The molecule has 0 fully saturated rings. The first-order valence-corrected chi connectivity index (χ1v) is 13.2. The lowest BCUT2D eigenvalue weighted by molar-refractivity contribution is -0.118. The van der Waals surface area contributed by atoms with Gasteiger partial charge in [0, 0.05) is 28.7 Å². The number of nitrogens with zero attached hydrogens (tertiary/aromatic N) is 5. The van der Waals surface area contributed by atoms with Crippen LogP contribution in [0.2, 0.25) is 5.02 Å². The Labute approximate surface area is 229 Å². The molecule has 0 saturated heterocycles. The van der Waals surface area contributed by atoms with Crippen LogP contribution in [0.25, 0.3) is 28.2 Å². The Kier molecular flexibility index (Phi) is 7.92. The number of thioether (sulfide) groups is 1. The molecule has 0 bridgehead atoms. The van der Waals surface area contributed by atoms with Gasteiger partial charge in [-0.1, -0.05) is 78.0 Å². The van der Waals surface area contributed by atoms with E-state index in [4.69, 9.17) is 11.6 Å². The summed E-state index contributed by atoms with van der Waals surface area (Å²) >= 11 is 7.37. The van der Waals surface area contributed by atoms with Crippen molar-refractivity contribution in [1.82, 2.24) is 25.2 Å². The van der Waals surface area contributed by atoms with Gasteiger partial charge in [-0.3, -0.25) is 14.3 Å². The number of carbonyl (C=O) groups excluding carboxylic acids is 1. The van der Waals surface area contributed by atoms with E-state index >= 15 is 0 Å². The quantitative estimate of drug-likeness (QED) is 0.143. The highest BCUT2D eigenvalue weighted by Crippen LogP contribution is 2.28. The van der Waals surface area contributed by atoms with E-state index in [1.54, 1.807) is 24.5 Å². The van der Waals surface area contributed by atoms with Crippen molar-refractivity contribution in [1.29, 1.82) is 0 Å². The monoisotopic (exact) mass is 538 g/mol. The van der Waals surface area contributed by atoms with E-state index in [1.807, 2.05) is 78.2 Å². The maximum atomic E-state index is 12.6. The van der Waals surface area contributed by atoms with Crippen molar-refractivity contribution in [3.8, 4) is 28.2 Å². The molecule has 0 atom stereocenters. The molecule has 1 amide bonds. The average Bonchev–Trinajstić information content (AvgIpc) is 3.40. The normalized spacial score (nSPS) is 11.4. The maximum Gasteiger partial charge on any atom is 0.250 e. The van der Waals surface area contributed by atoms with E-state index in [-0.39, 0.29) is 11.7 Å². The molecule has 0 aliphatic rings. The van der Waals surface area contributed by atoms with Crippen LogP contribution in [-0.2, 0) is 4.79 Å². The number of halogens is 1. The summed E-state index contributed by atoms with van der Waals surface area (Å²) in [6.07, 6.45) is 3.40. The molecular weight excluding hydrogens is 516 g/mol. The zero-order valence-electron chi connectivity index (χ0n) is 20.5. The van der Waals surface area contributed by atoms with E-state index in [0.29, 0.717) is 21.7 Å². The summed E-state index contributed by atoms with van der Waals surface area (Å²) in [7, 11) is 0. The molecule has 9 heteroatoms. The first-order chi connectivity index (χ1) is 18.6. The molecule has 3 aromatic carbocycles. The van der Waals surface area contributed by atoms with E-state index in [0.717, 1.165) is 27.9 Å². The molecular formula is C29H23ClN6OS. The molecule has 2 heterocycles. The summed E-state index contributed by atoms with van der Waals surface area (Å²) in [6, 6.07) is 29.4. The molecule has 5 rings (SSSR count). The lowest BCUT2D eigenvalue weighted by Gasteiger charge is -2.10. The predicted octanol–water partition coefficient (Wildman–Crippen LogP) is 6.28. The van der Waals surface area contributed by atoms with Crippen LogP contribution in [0.1, 0.15) is 12.5 Å². The van der Waals surface area contributed by atoms with E-state index < -0.39 is 0 Å². The summed E-state index contributed by atoms with van der Waals surface area (Å²) in [6.45, 7) is 1.86. The zero-order valence-corrected chi connectivity index (χ0v) is 22.0. The van der Waals surface area contributed by atoms with Gasteiger partial charge >= 0.3 is 0 Å². The van der Waals surface area contributed by atoms with E-state index in [2.05, 4.69) is 37.8 Å². The molecule has 188 valence electrons. The molecule has 1 N–H and O–H groups in total. The highest BCUT2D eigenvalue weighted by Gasteiger charge is 2.17. The number of hydrogen-bond donors (Lipinski definition) is 1. The van der Waals surface area contributed by atoms with Gasteiger partial charge in [0.15, 0.2) is 11.0 Å². The molecule has 0 unspecified atom stereocenters. The number of aromatic nitrogens is 4. The van der Waals surface area contributed by atoms with Crippen molar-refractivity contribution in [2.24, 2.45) is 5.10 Å². The van der Waals surface area contributed by atoms with Gasteiger partial charge < -0.3 is 0 Å². The lowest BCUT2D eigenvalue weighted by atomic mass is 10.0. The molecule has 0 aliphatic carbocycles. The third kappa shape index (κ3) is 5.99. The first kappa shape index (κ1) is 25.4. The number of hydrogen-bond acceptors (Lipinski definition) is 6. The Morgan fingerprint density at radius 3 is 2.26 bits per heavy atom. The first-order valence-electron chi connectivity index (χ1n) is 11.8. The highest BCUT2D eigenvalue weighted by molar-refractivity contribution is 7.99. The van der Waals surface area contributed by atoms with Gasteiger partial charge in [-0.25, -0.2) is 5.43 Å². The van der Waals surface area contributed by atoms with Crippen molar-refractivity contribution in [3.05, 3.63) is 114 Å². The third-order valence-corrected chi connectivity index (χ3v) is 6.93. The van der Waals surface area contributed by atoms with Crippen molar-refractivity contribution in [2.45, 2.75) is 12.1 Å². The summed E-state index contributed by atoms with van der Waals surface area (Å²) in [5, 5.41) is 14.2. The Morgan fingerprint density at radius 1 is 0.868 bits per heavy atom. The van der Waals surface area contributed by atoms with Crippen LogP contribution in [0.4, 0.5) is 0 Å². The smallest absolute Gasteiger partial charge is 0.250 e. The number of nitrogens with one attached hydrogen (secondary N) is 1. The fourth-order valence-electron chi connectivity index (χ4n) is 3.78. The summed E-state index contributed by atoms with van der Waals surface area (Å²) in [5.74, 6) is 0.517. The van der Waals surface area contributed by atoms with Crippen LogP contribution in [-0.4, -0.2) is 37.1 Å². The minimum Gasteiger partial charge on any atom is -0.272 e. The largest absolute Gasteiger partial charge is 0.272 e. The number of rotatable bonds is 8. The fourth-order valence-corrected chi connectivity index (χ4v) is 4.65. The number of amides is 1. The Hall–Kier alpha value is -4.27. The molecule has 38 heavy (non-hydrogen) atoms. The van der Waals surface area contributed by atoms with Crippen molar-refractivity contribution in [2.75, 3.05) is 5.75 Å². The summed E-state index contributed by atoms with van der Waals surface area (Å²) in [4.78, 5) is 16.7. The standard InChI is InChI=1S/C29H23ClN6OS/c1-20(21-7-9-23(10-8-21)22-5-3-2-4-6-22)32-33-27(37)19-38-29-35-34-28(24-15-17-31-18-16-24)36(29)26-13-11-25(30)12-14-26/h2-18H,19H2,1H3,(H,33,37)/b32-20+. The summed E-state index contributed by atoms with van der Waals surface area (Å²) < 4.78 is 1.90. The van der Waals surface area contributed by atoms with E-state index in [1.165, 1.54) is 11.8 Å². The van der Waals surface area contributed by atoms with Gasteiger partial charge in [0.1, 0.15) is 0 Å². The van der Waals surface area contributed by atoms with Crippen LogP contribution in [0.3, 0.4) is 0 Å². The Bertz CT molecular complexity index is 1550. The molecule has 2 aromatic heterocycles. The highest BCUT2D eigenvalue weighted by atomic mass is 35.5. The maximum absolute atomic E-state index is 12.6. The predicted molar refractivity (Wildman–Crippen MR) is 153 cm³/mol. The van der Waals surface area contributed by atoms with Gasteiger partial charge in [-0.2, -0.15) is 5.10 Å². The zero-order chi connectivity index (χ0) is 26.3. The minimum absolute atomic E-state index is 0.117. The number of benzene rings is 3. The Balaban J connectivity index is 1.27. The van der Waals surface area contributed by atoms with Gasteiger partial charge in [-0.05, 0) is 60.0 Å². The number of hydrazone groups is 1. The van der Waals surface area contributed by atoms with Crippen LogP contribution in [0, 0.1) is 0 Å². The van der Waals surface area contributed by atoms with Crippen LogP contribution >= 0.6 is 23.4 Å². The van der Waals surface area contributed by atoms with Gasteiger partial charge in [0.2, 0.25) is 0 Å². The van der Waals surface area contributed by atoms with Gasteiger partial charge in [0.05, 0.1) is 11.5 Å². The molecule has 0 aliphatic heterocycles. The second-order valence-electron chi connectivity index (χ2n) is 8.32. The van der Waals surface area contributed by atoms with E-state index in [9.17, 15) is 4.79 Å². The fraction of sp³-hybridized carbons (Fsp3) is 0.0690. The second kappa shape index (κ2) is 11.9. The molecule has 0 spiro atoms. The topological polar surface area (TPSA) is 85.1 Å². The summed E-state index contributed by atoms with van der Waals surface area (Å²) in [5.41, 5.74) is 8.26. The average molecular weight is 539 g/mol. The number of pyridine rings is 1. The third-order valence-electron chi connectivity index (χ3n) is 5.75. The van der Waals surface area contributed by atoms with Crippen molar-refractivity contribution >= 4 is 35.0 Å². The van der Waals surface area contributed by atoms with Crippen LogP contribution < -0.4 is 5.43 Å². The molecule has 5 aromatic rings. The Morgan fingerprint density at radius 2 is 1.55 bits per heavy atom. The SMILES string of the molecule is C/C(=N\NC(=O)CSc1nnc(-c2ccncc2)n1-c1ccc(Cl)cc1)c1ccc(-c2ccccc2)cc1. The number of carbonyl (C=O) groups is 1. The molecule has 7 nitrogen and oxygen atoms in total. The van der Waals surface area contributed by atoms with Crippen molar-refractivity contribution < 1.29 is 4.79 Å². The van der Waals surface area contributed by atoms with Gasteiger partial charge in [-0.15, -0.1) is 10.2 Å². The van der Waals surface area contributed by atoms with Crippen LogP contribution in [0.15, 0.2) is 114 Å². The minimum atomic E-state index is -0.244. The molecule has 0 saturated carbocycles.